The molecular formula is C12H22NNaO6S. The third-order valence-electron chi connectivity index (χ3n) is 2.58. The fraction of sp³-hybridized carbons (Fsp3) is 0.500. The van der Waals surface area contributed by atoms with Gasteiger partial charge in [0, 0.05) is 18.8 Å². The minimum Gasteiger partial charge on any atom is -0.748 e. The molecular weight excluding hydrogens is 309 g/mol. The van der Waals surface area contributed by atoms with Crippen LogP contribution in [0.25, 0.3) is 0 Å². The zero-order chi connectivity index (χ0) is 13.8. The van der Waals surface area contributed by atoms with Crippen LogP contribution in [-0.4, -0.2) is 54.0 Å². The van der Waals surface area contributed by atoms with E-state index >= 15 is 0 Å². The third-order valence-corrected chi connectivity index (χ3v) is 3.37. The van der Waals surface area contributed by atoms with Gasteiger partial charge in [0.05, 0.1) is 22.0 Å². The first kappa shape index (κ1) is 25.7. The quantitative estimate of drug-likeness (QED) is 0.418. The second-order valence-corrected chi connectivity index (χ2v) is 5.70. The van der Waals surface area contributed by atoms with E-state index in [1.165, 1.54) is 0 Å². The van der Waals surface area contributed by atoms with Gasteiger partial charge in [0.15, 0.2) is 0 Å². The predicted octanol–water partition coefficient (Wildman–Crippen LogP) is -3.92. The van der Waals surface area contributed by atoms with Gasteiger partial charge in [0.1, 0.15) is 0 Å². The van der Waals surface area contributed by atoms with Crippen molar-refractivity contribution < 1.29 is 58.6 Å². The standard InChI is InChI=1S/C12H19NO4S.Na.2H2O/c1-3-13(8-12(14)9-18(15,16)17)11-6-4-5-10(2)7-11;;;/h4-7,12,14H,3,8-9H2,1-2H3,(H,15,16,17);;2*1H2/q;+1;;/p-1. The largest absolute Gasteiger partial charge is 1.00 e. The third kappa shape index (κ3) is 10.2. The molecule has 1 aromatic rings. The summed E-state index contributed by atoms with van der Waals surface area (Å²) in [4.78, 5) is 1.84. The molecule has 0 spiro atoms. The molecule has 0 aliphatic carbocycles. The Bertz CT molecular complexity index is 496. The van der Waals surface area contributed by atoms with Crippen molar-refractivity contribution in [3.63, 3.8) is 0 Å². The Hall–Kier alpha value is -0.190. The summed E-state index contributed by atoms with van der Waals surface area (Å²) in [6.45, 7) is 4.61. The van der Waals surface area contributed by atoms with Crippen molar-refractivity contribution in [3.8, 4) is 0 Å². The maximum atomic E-state index is 10.6. The summed E-state index contributed by atoms with van der Waals surface area (Å²) in [7, 11) is -4.39. The van der Waals surface area contributed by atoms with Crippen LogP contribution in [0.15, 0.2) is 24.3 Å². The molecule has 0 bridgehead atoms. The molecule has 0 heterocycles. The van der Waals surface area contributed by atoms with Crippen molar-refractivity contribution in [1.82, 2.24) is 0 Å². The maximum absolute atomic E-state index is 10.6. The molecule has 1 unspecified atom stereocenters. The van der Waals surface area contributed by atoms with Crippen LogP contribution in [0.3, 0.4) is 0 Å². The number of rotatable bonds is 6. The molecule has 0 radical (unpaired) electrons. The molecule has 118 valence electrons. The number of aliphatic hydroxyl groups is 1. The molecule has 7 nitrogen and oxygen atoms in total. The number of benzene rings is 1. The molecule has 5 N–H and O–H groups in total. The average Bonchev–Trinajstić information content (AvgIpc) is 2.23. The van der Waals surface area contributed by atoms with E-state index in [1.54, 1.807) is 0 Å². The van der Waals surface area contributed by atoms with E-state index in [4.69, 9.17) is 0 Å². The second-order valence-electron chi connectivity index (χ2n) is 4.26. The molecule has 0 amide bonds. The van der Waals surface area contributed by atoms with Crippen molar-refractivity contribution in [2.24, 2.45) is 0 Å². The second kappa shape index (κ2) is 11.4. The first-order valence-electron chi connectivity index (χ1n) is 5.75. The molecule has 9 heteroatoms. The fourth-order valence-corrected chi connectivity index (χ4v) is 2.36. The van der Waals surface area contributed by atoms with Crippen molar-refractivity contribution >= 4 is 15.8 Å². The van der Waals surface area contributed by atoms with Crippen LogP contribution < -0.4 is 34.5 Å². The Labute approximate surface area is 147 Å². The summed E-state index contributed by atoms with van der Waals surface area (Å²) < 4.78 is 31.7. The number of anilines is 1. The van der Waals surface area contributed by atoms with Crippen molar-refractivity contribution in [2.45, 2.75) is 20.0 Å². The maximum Gasteiger partial charge on any atom is 1.00 e. The Balaban J connectivity index is -0.00000108. The van der Waals surface area contributed by atoms with Crippen LogP contribution in [0.4, 0.5) is 5.69 Å². The molecule has 0 fully saturated rings. The van der Waals surface area contributed by atoms with Crippen molar-refractivity contribution in [1.29, 1.82) is 0 Å². The van der Waals surface area contributed by atoms with E-state index in [0.717, 1.165) is 11.3 Å². The summed E-state index contributed by atoms with van der Waals surface area (Å²) in [5.41, 5.74) is 1.98. The van der Waals surface area contributed by atoms with Gasteiger partial charge >= 0.3 is 29.6 Å². The Kier molecular flexibility index (Phi) is 14.0. The minimum absolute atomic E-state index is 0. The van der Waals surface area contributed by atoms with Gasteiger partial charge in [-0.2, -0.15) is 0 Å². The Morgan fingerprint density at radius 2 is 1.90 bits per heavy atom. The van der Waals surface area contributed by atoms with Gasteiger partial charge < -0.3 is 25.5 Å². The first-order valence-corrected chi connectivity index (χ1v) is 7.33. The smallest absolute Gasteiger partial charge is 0.748 e. The van der Waals surface area contributed by atoms with Gasteiger partial charge in [-0.05, 0) is 31.5 Å². The van der Waals surface area contributed by atoms with E-state index in [1.807, 2.05) is 43.0 Å². The summed E-state index contributed by atoms with van der Waals surface area (Å²) in [6, 6.07) is 7.68. The number of aliphatic hydroxyl groups excluding tert-OH is 1. The van der Waals surface area contributed by atoms with E-state index in [-0.39, 0.29) is 47.1 Å². The van der Waals surface area contributed by atoms with Gasteiger partial charge in [-0.1, -0.05) is 12.1 Å². The van der Waals surface area contributed by atoms with Gasteiger partial charge in [0.2, 0.25) is 0 Å². The summed E-state index contributed by atoms with van der Waals surface area (Å²) >= 11 is 0. The van der Waals surface area contributed by atoms with Crippen LogP contribution in [0.2, 0.25) is 0 Å². The van der Waals surface area contributed by atoms with E-state index in [9.17, 15) is 18.1 Å². The number of hydrogen-bond acceptors (Lipinski definition) is 5. The van der Waals surface area contributed by atoms with Gasteiger partial charge in [-0.25, -0.2) is 8.42 Å². The van der Waals surface area contributed by atoms with Crippen LogP contribution in [-0.2, 0) is 10.1 Å². The molecule has 0 aliphatic rings. The number of aryl methyl sites for hydroxylation is 1. The molecule has 1 aromatic carbocycles. The van der Waals surface area contributed by atoms with Gasteiger partial charge in [-0.15, -0.1) is 0 Å². The van der Waals surface area contributed by atoms with Crippen LogP contribution in [0.1, 0.15) is 12.5 Å². The molecule has 0 aromatic heterocycles. The molecule has 21 heavy (non-hydrogen) atoms. The monoisotopic (exact) mass is 331 g/mol. The van der Waals surface area contributed by atoms with Gasteiger partial charge in [0.25, 0.3) is 0 Å². The van der Waals surface area contributed by atoms with Gasteiger partial charge in [-0.3, -0.25) is 0 Å². The average molecular weight is 331 g/mol. The molecule has 0 saturated carbocycles. The van der Waals surface area contributed by atoms with Crippen molar-refractivity contribution in [2.75, 3.05) is 23.7 Å². The fourth-order valence-electron chi connectivity index (χ4n) is 1.78. The SMILES string of the molecule is CCN(CC(O)CS(=O)(=O)[O-])c1cccc(C)c1.O.O.[Na+]. The van der Waals surface area contributed by atoms with Crippen LogP contribution in [0, 0.1) is 6.92 Å². The van der Waals surface area contributed by atoms with Crippen LogP contribution >= 0.6 is 0 Å². The van der Waals surface area contributed by atoms with Crippen molar-refractivity contribution in [3.05, 3.63) is 29.8 Å². The Morgan fingerprint density at radius 3 is 2.33 bits per heavy atom. The number of nitrogens with zero attached hydrogens (tertiary/aromatic N) is 1. The predicted molar refractivity (Wildman–Crippen MR) is 76.9 cm³/mol. The van der Waals surface area contributed by atoms with E-state index in [2.05, 4.69) is 0 Å². The van der Waals surface area contributed by atoms with E-state index < -0.39 is 22.0 Å². The zero-order valence-electron chi connectivity index (χ0n) is 12.5. The minimum atomic E-state index is -4.39. The summed E-state index contributed by atoms with van der Waals surface area (Å²) in [5, 5.41) is 9.60. The zero-order valence-corrected chi connectivity index (χ0v) is 15.4. The molecule has 0 saturated heterocycles. The Morgan fingerprint density at radius 1 is 1.33 bits per heavy atom. The number of likely N-dealkylation sites (N-methyl/N-ethyl adjacent to an activating group) is 1. The van der Waals surface area contributed by atoms with E-state index in [0.29, 0.717) is 6.54 Å². The van der Waals surface area contributed by atoms with Crippen LogP contribution in [0.5, 0.6) is 0 Å². The summed E-state index contributed by atoms with van der Waals surface area (Å²) in [6.07, 6.45) is -1.17. The molecule has 1 rings (SSSR count). The molecule has 0 aliphatic heterocycles. The topological polar surface area (TPSA) is 144 Å². The number of hydrogen-bond donors (Lipinski definition) is 1. The summed E-state index contributed by atoms with van der Waals surface area (Å²) in [5.74, 6) is -0.755. The molecule has 1 atom stereocenters. The first-order chi connectivity index (χ1) is 8.31. The normalized spacial score (nSPS) is 11.4.